The molecule has 1 aliphatic rings. The molecule has 4 nitrogen and oxygen atoms in total. The lowest BCUT2D eigenvalue weighted by molar-refractivity contribution is 0.244. The molecule has 1 aromatic rings. The Morgan fingerprint density at radius 3 is 3.05 bits per heavy atom. The number of aromatic nitrogens is 2. The van der Waals surface area contributed by atoms with Gasteiger partial charge in [0, 0.05) is 32.2 Å². The van der Waals surface area contributed by atoms with E-state index in [1.807, 2.05) is 6.07 Å². The smallest absolute Gasteiger partial charge is 0.133 e. The van der Waals surface area contributed by atoms with Crippen LogP contribution in [0.4, 0.5) is 5.82 Å². The summed E-state index contributed by atoms with van der Waals surface area (Å²) >= 11 is 3.48. The van der Waals surface area contributed by atoms with Gasteiger partial charge in [-0.15, -0.1) is 0 Å². The van der Waals surface area contributed by atoms with Crippen molar-refractivity contribution < 1.29 is 5.11 Å². The fraction of sp³-hybridized carbons (Fsp3) is 0.714. The molecule has 0 aliphatic carbocycles. The molecule has 0 bridgehead atoms. The zero-order valence-corrected chi connectivity index (χ0v) is 13.1. The summed E-state index contributed by atoms with van der Waals surface area (Å²) in [5.74, 6) is 2.52. The van der Waals surface area contributed by atoms with Gasteiger partial charge in [0.1, 0.15) is 16.2 Å². The predicted molar refractivity (Wildman–Crippen MR) is 80.4 cm³/mol. The monoisotopic (exact) mass is 327 g/mol. The van der Waals surface area contributed by atoms with E-state index in [1.165, 1.54) is 12.8 Å². The molecule has 0 amide bonds. The van der Waals surface area contributed by atoms with Crippen LogP contribution < -0.4 is 4.90 Å². The van der Waals surface area contributed by atoms with Crippen LogP contribution in [0.2, 0.25) is 0 Å². The highest BCUT2D eigenvalue weighted by Gasteiger charge is 2.21. The van der Waals surface area contributed by atoms with Gasteiger partial charge in [0.05, 0.1) is 0 Å². The van der Waals surface area contributed by atoms with Crippen LogP contribution in [0.25, 0.3) is 0 Å². The quantitative estimate of drug-likeness (QED) is 0.845. The molecule has 0 aromatic carbocycles. The van der Waals surface area contributed by atoms with Crippen molar-refractivity contribution in [2.45, 2.75) is 39.0 Å². The Morgan fingerprint density at radius 1 is 1.47 bits per heavy atom. The van der Waals surface area contributed by atoms with Crippen molar-refractivity contribution in [2.24, 2.45) is 5.92 Å². The van der Waals surface area contributed by atoms with Crippen LogP contribution >= 0.6 is 15.9 Å². The van der Waals surface area contributed by atoms with E-state index in [9.17, 15) is 0 Å². The number of halogens is 1. The number of aliphatic hydroxyl groups is 1. The molecule has 1 aromatic heterocycles. The largest absolute Gasteiger partial charge is 0.396 e. The van der Waals surface area contributed by atoms with Crippen LogP contribution in [0.5, 0.6) is 0 Å². The first-order valence-electron chi connectivity index (χ1n) is 7.12. The van der Waals surface area contributed by atoms with E-state index in [4.69, 9.17) is 5.11 Å². The third-order valence-corrected chi connectivity index (χ3v) is 3.99. The second kappa shape index (κ2) is 7.20. The Labute approximate surface area is 123 Å². The molecule has 1 atom stereocenters. The molecule has 1 aliphatic heterocycles. The van der Waals surface area contributed by atoms with Crippen molar-refractivity contribution in [3.8, 4) is 0 Å². The lowest BCUT2D eigenvalue weighted by Crippen LogP contribution is -2.36. The molecule has 2 heterocycles. The number of rotatable bonds is 5. The first kappa shape index (κ1) is 14.7. The van der Waals surface area contributed by atoms with Crippen LogP contribution in [0.15, 0.2) is 10.7 Å². The SMILES string of the molecule is CCCc1nc(Br)cc(N2CCCC(CCO)C2)n1. The van der Waals surface area contributed by atoms with Gasteiger partial charge in [-0.05, 0) is 47.5 Å². The van der Waals surface area contributed by atoms with Crippen molar-refractivity contribution in [3.63, 3.8) is 0 Å². The van der Waals surface area contributed by atoms with Gasteiger partial charge in [-0.25, -0.2) is 9.97 Å². The van der Waals surface area contributed by atoms with Crippen molar-refractivity contribution >= 4 is 21.7 Å². The van der Waals surface area contributed by atoms with Gasteiger partial charge >= 0.3 is 0 Å². The fourth-order valence-electron chi connectivity index (χ4n) is 2.64. The minimum absolute atomic E-state index is 0.285. The number of anilines is 1. The maximum atomic E-state index is 9.08. The average Bonchev–Trinajstić information content (AvgIpc) is 2.39. The molecule has 106 valence electrons. The van der Waals surface area contributed by atoms with Crippen molar-refractivity contribution in [2.75, 3.05) is 24.6 Å². The fourth-order valence-corrected chi connectivity index (χ4v) is 3.05. The number of nitrogens with zero attached hydrogens (tertiary/aromatic N) is 3. The van der Waals surface area contributed by atoms with Crippen LogP contribution in [-0.4, -0.2) is 34.8 Å². The molecule has 1 N–H and O–H groups in total. The Morgan fingerprint density at radius 2 is 2.32 bits per heavy atom. The summed E-state index contributed by atoms with van der Waals surface area (Å²) in [6.45, 7) is 4.47. The zero-order chi connectivity index (χ0) is 13.7. The summed E-state index contributed by atoms with van der Waals surface area (Å²) in [7, 11) is 0. The summed E-state index contributed by atoms with van der Waals surface area (Å²) in [6.07, 6.45) is 5.26. The van der Waals surface area contributed by atoms with Gasteiger partial charge in [0.15, 0.2) is 0 Å². The van der Waals surface area contributed by atoms with Crippen LogP contribution in [-0.2, 0) is 6.42 Å². The van der Waals surface area contributed by atoms with Gasteiger partial charge in [-0.2, -0.15) is 0 Å². The van der Waals surface area contributed by atoms with E-state index in [0.717, 1.165) is 48.6 Å². The van der Waals surface area contributed by atoms with E-state index < -0.39 is 0 Å². The van der Waals surface area contributed by atoms with Gasteiger partial charge in [-0.1, -0.05) is 6.92 Å². The van der Waals surface area contributed by atoms with Crippen LogP contribution in [0, 0.1) is 5.92 Å². The lowest BCUT2D eigenvalue weighted by Gasteiger charge is -2.33. The standard InChI is InChI=1S/C14H22BrN3O/c1-2-4-13-16-12(15)9-14(17-13)18-7-3-5-11(10-18)6-8-19/h9,11,19H,2-8,10H2,1H3. The average molecular weight is 328 g/mol. The van der Waals surface area contributed by atoms with Gasteiger partial charge < -0.3 is 10.0 Å². The first-order chi connectivity index (χ1) is 9.22. The molecule has 2 rings (SSSR count). The van der Waals surface area contributed by atoms with Gasteiger partial charge in [0.25, 0.3) is 0 Å². The van der Waals surface area contributed by atoms with Crippen LogP contribution in [0.3, 0.4) is 0 Å². The Kier molecular flexibility index (Phi) is 5.58. The minimum Gasteiger partial charge on any atom is -0.396 e. The number of aliphatic hydroxyl groups excluding tert-OH is 1. The normalized spacial score (nSPS) is 19.7. The van der Waals surface area contributed by atoms with E-state index in [0.29, 0.717) is 5.92 Å². The third-order valence-electron chi connectivity index (χ3n) is 3.58. The summed E-state index contributed by atoms with van der Waals surface area (Å²) in [5, 5.41) is 9.08. The van der Waals surface area contributed by atoms with E-state index >= 15 is 0 Å². The number of aryl methyl sites for hydroxylation is 1. The maximum Gasteiger partial charge on any atom is 0.133 e. The highest BCUT2D eigenvalue weighted by Crippen LogP contribution is 2.25. The zero-order valence-electron chi connectivity index (χ0n) is 11.5. The van der Waals surface area contributed by atoms with Crippen molar-refractivity contribution in [3.05, 3.63) is 16.5 Å². The molecule has 19 heavy (non-hydrogen) atoms. The topological polar surface area (TPSA) is 49.2 Å². The summed E-state index contributed by atoms with van der Waals surface area (Å²) in [6, 6.07) is 2.00. The molecule has 5 heteroatoms. The van der Waals surface area contributed by atoms with Gasteiger partial charge in [0.2, 0.25) is 0 Å². The molecule has 0 radical (unpaired) electrons. The second-order valence-electron chi connectivity index (χ2n) is 5.18. The van der Waals surface area contributed by atoms with E-state index in [1.54, 1.807) is 0 Å². The minimum atomic E-state index is 0.285. The summed E-state index contributed by atoms with van der Waals surface area (Å²) < 4.78 is 0.866. The first-order valence-corrected chi connectivity index (χ1v) is 7.91. The second-order valence-corrected chi connectivity index (χ2v) is 5.99. The third kappa shape index (κ3) is 4.14. The van der Waals surface area contributed by atoms with E-state index in [-0.39, 0.29) is 6.61 Å². The van der Waals surface area contributed by atoms with Gasteiger partial charge in [-0.3, -0.25) is 0 Å². The number of piperidine rings is 1. The van der Waals surface area contributed by atoms with Crippen LogP contribution in [0.1, 0.15) is 38.4 Å². The van der Waals surface area contributed by atoms with Crippen molar-refractivity contribution in [1.29, 1.82) is 0 Å². The summed E-state index contributed by atoms with van der Waals surface area (Å²) in [4.78, 5) is 11.4. The Balaban J connectivity index is 2.11. The molecular weight excluding hydrogens is 306 g/mol. The highest BCUT2D eigenvalue weighted by molar-refractivity contribution is 9.10. The molecule has 1 saturated heterocycles. The lowest BCUT2D eigenvalue weighted by atomic mass is 9.95. The van der Waals surface area contributed by atoms with E-state index in [2.05, 4.69) is 37.7 Å². The molecule has 1 unspecified atom stereocenters. The molecule has 0 saturated carbocycles. The maximum absolute atomic E-state index is 9.08. The Bertz CT molecular complexity index is 412. The number of hydrogen-bond acceptors (Lipinski definition) is 4. The molecule has 1 fully saturated rings. The molecular formula is C14H22BrN3O. The summed E-state index contributed by atoms with van der Waals surface area (Å²) in [5.41, 5.74) is 0. The predicted octanol–water partition coefficient (Wildman–Crippen LogP) is 2.79. The number of hydrogen-bond donors (Lipinski definition) is 1. The Hall–Kier alpha value is -0.680. The van der Waals surface area contributed by atoms with Crippen molar-refractivity contribution in [1.82, 2.24) is 9.97 Å². The highest BCUT2D eigenvalue weighted by atomic mass is 79.9. The molecule has 0 spiro atoms.